The van der Waals surface area contributed by atoms with E-state index in [-0.39, 0.29) is 5.91 Å². The summed E-state index contributed by atoms with van der Waals surface area (Å²) in [6.45, 7) is 2.45. The first-order valence-electron chi connectivity index (χ1n) is 8.41. The summed E-state index contributed by atoms with van der Waals surface area (Å²) in [7, 11) is 0. The van der Waals surface area contributed by atoms with Gasteiger partial charge in [0.15, 0.2) is 0 Å². The van der Waals surface area contributed by atoms with Crippen LogP contribution in [-0.4, -0.2) is 17.5 Å². The van der Waals surface area contributed by atoms with Crippen molar-refractivity contribution in [2.75, 3.05) is 11.9 Å². The van der Waals surface area contributed by atoms with Gasteiger partial charge in [-0.1, -0.05) is 42.1 Å². The number of carbonyl (C=O) groups is 1. The van der Waals surface area contributed by atoms with Gasteiger partial charge >= 0.3 is 0 Å². The van der Waals surface area contributed by atoms with E-state index in [1.54, 1.807) is 30.5 Å². The molecule has 0 unspecified atom stereocenters. The Balaban J connectivity index is 1.86. The van der Waals surface area contributed by atoms with Gasteiger partial charge in [-0.2, -0.15) is 0 Å². The smallest absolute Gasteiger partial charge is 0.235 e. The predicted molar refractivity (Wildman–Crippen MR) is 101 cm³/mol. The minimum atomic E-state index is -0.625. The fraction of sp³-hybridized carbons (Fsp3) is 0.368. The fourth-order valence-corrected chi connectivity index (χ4v) is 4.00. The van der Waals surface area contributed by atoms with E-state index < -0.39 is 5.41 Å². The van der Waals surface area contributed by atoms with Crippen LogP contribution in [0, 0.1) is 0 Å². The van der Waals surface area contributed by atoms with Crippen LogP contribution in [0.4, 0.5) is 5.69 Å². The summed E-state index contributed by atoms with van der Waals surface area (Å²) in [5.41, 5.74) is 0.859. The number of nitrogens with zero attached hydrogens (tertiary/aromatic N) is 1. The molecule has 1 amide bonds. The number of hydrogen-bond donors (Lipinski definition) is 1. The Hall–Kier alpha value is -1.78. The van der Waals surface area contributed by atoms with Gasteiger partial charge in [0.25, 0.3) is 0 Å². The van der Waals surface area contributed by atoms with Crippen LogP contribution in [0.1, 0.15) is 38.2 Å². The first kappa shape index (κ1) is 18.0. The van der Waals surface area contributed by atoms with Gasteiger partial charge in [0.1, 0.15) is 0 Å². The van der Waals surface area contributed by atoms with Gasteiger partial charge in [-0.25, -0.2) is 4.98 Å². The van der Waals surface area contributed by atoms with E-state index in [0.717, 1.165) is 31.2 Å². The maximum Gasteiger partial charge on any atom is 0.235 e. The third kappa shape index (κ3) is 3.75. The average Bonchev–Trinajstić information content (AvgIpc) is 3.07. The average molecular weight is 379 g/mol. The van der Waals surface area contributed by atoms with E-state index >= 15 is 0 Å². The number of ether oxygens (including phenoxy) is 1. The Bertz CT molecular complexity index is 757. The molecule has 0 radical (unpaired) electrons. The summed E-state index contributed by atoms with van der Waals surface area (Å²) in [5, 5.41) is 4.09. The van der Waals surface area contributed by atoms with Crippen LogP contribution >= 0.6 is 23.2 Å². The zero-order valence-corrected chi connectivity index (χ0v) is 15.5. The molecule has 2 aromatic rings. The second-order valence-corrected chi connectivity index (χ2v) is 7.03. The lowest BCUT2D eigenvalue weighted by Crippen LogP contribution is -2.38. The lowest BCUT2D eigenvalue weighted by molar-refractivity contribution is -0.121. The molecule has 0 atom stereocenters. The Morgan fingerprint density at radius 3 is 2.60 bits per heavy atom. The summed E-state index contributed by atoms with van der Waals surface area (Å²) in [4.78, 5) is 17.3. The van der Waals surface area contributed by atoms with Crippen LogP contribution in [0.2, 0.25) is 10.0 Å². The fourth-order valence-electron chi connectivity index (χ4n) is 3.41. The van der Waals surface area contributed by atoms with Crippen LogP contribution < -0.4 is 10.1 Å². The minimum Gasteiger partial charge on any atom is -0.478 e. The van der Waals surface area contributed by atoms with Gasteiger partial charge in [-0.3, -0.25) is 4.79 Å². The summed E-state index contributed by atoms with van der Waals surface area (Å²) >= 11 is 12.4. The highest BCUT2D eigenvalue weighted by atomic mass is 35.5. The quantitative estimate of drug-likeness (QED) is 0.773. The maximum absolute atomic E-state index is 13.1. The zero-order chi connectivity index (χ0) is 17.9. The number of rotatable bonds is 5. The van der Waals surface area contributed by atoms with Crippen molar-refractivity contribution < 1.29 is 9.53 Å². The number of hydrogen-bond acceptors (Lipinski definition) is 3. The van der Waals surface area contributed by atoms with E-state index in [9.17, 15) is 4.79 Å². The number of pyridine rings is 1. The molecule has 0 spiro atoms. The monoisotopic (exact) mass is 378 g/mol. The number of benzene rings is 1. The van der Waals surface area contributed by atoms with Crippen LogP contribution in [0.25, 0.3) is 0 Å². The van der Waals surface area contributed by atoms with Crippen LogP contribution in [0.5, 0.6) is 5.88 Å². The summed E-state index contributed by atoms with van der Waals surface area (Å²) < 4.78 is 5.33. The second-order valence-electron chi connectivity index (χ2n) is 6.19. The molecule has 1 fully saturated rings. The highest BCUT2D eigenvalue weighted by molar-refractivity contribution is 6.35. The van der Waals surface area contributed by atoms with Gasteiger partial charge < -0.3 is 10.1 Å². The summed E-state index contributed by atoms with van der Waals surface area (Å²) in [6, 6.07) is 8.89. The molecule has 3 rings (SSSR count). The van der Waals surface area contributed by atoms with Crippen molar-refractivity contribution in [1.82, 2.24) is 4.98 Å². The largest absolute Gasteiger partial charge is 0.478 e. The van der Waals surface area contributed by atoms with Crippen molar-refractivity contribution in [3.63, 3.8) is 0 Å². The van der Waals surface area contributed by atoms with Crippen molar-refractivity contribution in [3.05, 3.63) is 52.1 Å². The van der Waals surface area contributed by atoms with Crippen molar-refractivity contribution in [3.8, 4) is 5.88 Å². The molecule has 0 saturated heterocycles. The van der Waals surface area contributed by atoms with Crippen molar-refractivity contribution >= 4 is 34.8 Å². The summed E-state index contributed by atoms with van der Waals surface area (Å²) in [6.07, 6.45) is 5.13. The van der Waals surface area contributed by atoms with Crippen molar-refractivity contribution in [2.45, 2.75) is 38.0 Å². The van der Waals surface area contributed by atoms with Gasteiger partial charge in [0, 0.05) is 16.1 Å². The molecule has 1 N–H and O–H groups in total. The van der Waals surface area contributed by atoms with Gasteiger partial charge in [-0.05, 0) is 43.5 Å². The first-order chi connectivity index (χ1) is 12.0. The maximum atomic E-state index is 13.1. The van der Waals surface area contributed by atoms with Crippen LogP contribution in [0.3, 0.4) is 0 Å². The molecular formula is C19H20Cl2N2O2. The molecule has 4 nitrogen and oxygen atoms in total. The Morgan fingerprint density at radius 2 is 2.00 bits per heavy atom. The number of aromatic nitrogens is 1. The lowest BCUT2D eigenvalue weighted by Gasteiger charge is -2.29. The highest BCUT2D eigenvalue weighted by Crippen LogP contribution is 2.45. The predicted octanol–water partition coefficient (Wildman–Crippen LogP) is 5.24. The second kappa shape index (κ2) is 7.63. The number of anilines is 1. The lowest BCUT2D eigenvalue weighted by atomic mass is 9.78. The Kier molecular flexibility index (Phi) is 5.50. The van der Waals surface area contributed by atoms with Crippen LogP contribution in [-0.2, 0) is 10.2 Å². The van der Waals surface area contributed by atoms with E-state index in [0.29, 0.717) is 28.2 Å². The molecule has 0 bridgehead atoms. The first-order valence-corrected chi connectivity index (χ1v) is 9.16. The van der Waals surface area contributed by atoms with E-state index in [4.69, 9.17) is 27.9 Å². The molecule has 25 heavy (non-hydrogen) atoms. The third-order valence-electron chi connectivity index (χ3n) is 4.62. The van der Waals surface area contributed by atoms with E-state index in [2.05, 4.69) is 10.3 Å². The molecule has 6 heteroatoms. The van der Waals surface area contributed by atoms with Crippen molar-refractivity contribution in [2.24, 2.45) is 0 Å². The normalized spacial score (nSPS) is 15.8. The molecule has 1 saturated carbocycles. The number of amides is 1. The van der Waals surface area contributed by atoms with Crippen LogP contribution in [0.15, 0.2) is 36.5 Å². The van der Waals surface area contributed by atoms with Gasteiger partial charge in [0.2, 0.25) is 11.8 Å². The van der Waals surface area contributed by atoms with E-state index in [1.165, 1.54) is 0 Å². The SMILES string of the molecule is CCOc1ccc(NC(=O)C2(c3ccc(Cl)cc3Cl)CCCC2)cn1. The molecule has 1 aliphatic rings. The number of carbonyl (C=O) groups excluding carboxylic acids is 1. The van der Waals surface area contributed by atoms with Gasteiger partial charge in [-0.15, -0.1) is 0 Å². The highest BCUT2D eigenvalue weighted by Gasteiger charge is 2.44. The minimum absolute atomic E-state index is 0.0554. The molecule has 1 heterocycles. The van der Waals surface area contributed by atoms with E-state index in [1.807, 2.05) is 13.0 Å². The standard InChI is InChI=1S/C19H20Cl2N2O2/c1-2-25-17-8-6-14(12-22-17)23-18(24)19(9-3-4-10-19)15-7-5-13(20)11-16(15)21/h5-8,11-12H,2-4,9-10H2,1H3,(H,23,24). The molecule has 0 aliphatic heterocycles. The summed E-state index contributed by atoms with van der Waals surface area (Å²) in [5.74, 6) is 0.483. The Labute approximate surface area is 157 Å². The molecule has 1 aromatic carbocycles. The number of nitrogens with one attached hydrogen (secondary N) is 1. The van der Waals surface area contributed by atoms with Crippen molar-refractivity contribution in [1.29, 1.82) is 0 Å². The molecular weight excluding hydrogens is 359 g/mol. The molecule has 1 aliphatic carbocycles. The molecule has 1 aromatic heterocycles. The topological polar surface area (TPSA) is 51.2 Å². The molecule has 132 valence electrons. The number of halogens is 2. The third-order valence-corrected chi connectivity index (χ3v) is 5.17. The Morgan fingerprint density at radius 1 is 1.24 bits per heavy atom. The van der Waals surface area contributed by atoms with Gasteiger partial charge in [0.05, 0.1) is 23.9 Å². The zero-order valence-electron chi connectivity index (χ0n) is 14.0.